The molecule has 0 fully saturated rings. The van der Waals surface area contributed by atoms with Gasteiger partial charge in [-0.1, -0.05) is 17.3 Å². The molecule has 0 unspecified atom stereocenters. The Labute approximate surface area is 164 Å². The van der Waals surface area contributed by atoms with Crippen molar-refractivity contribution >= 4 is 17.2 Å². The molecule has 5 aromatic rings. The normalized spacial score (nSPS) is 10.9. The highest BCUT2D eigenvalue weighted by Crippen LogP contribution is 2.23. The van der Waals surface area contributed by atoms with Gasteiger partial charge < -0.3 is 9.84 Å². The molecule has 29 heavy (non-hydrogen) atoms. The summed E-state index contributed by atoms with van der Waals surface area (Å²) in [4.78, 5) is 16.2. The number of hydrogen-bond acceptors (Lipinski definition) is 7. The van der Waals surface area contributed by atoms with Crippen LogP contribution in [0.3, 0.4) is 0 Å². The molecule has 5 rings (SSSR count). The summed E-state index contributed by atoms with van der Waals surface area (Å²) in [6, 6.07) is 16.3. The minimum absolute atomic E-state index is 0.140. The Morgan fingerprint density at radius 2 is 1.83 bits per heavy atom. The standard InChI is InChI=1S/C20H13N7O2/c28-20(17-8-11-22-29-17)23-15-3-1-2-14(12-15)16-4-5-18-24-25-19(27(18)26-16)13-6-9-21-10-7-13/h1-12H,(H,23,28). The number of aromatic nitrogens is 6. The minimum Gasteiger partial charge on any atom is -0.351 e. The average Bonchev–Trinajstić information content (AvgIpc) is 3.44. The Bertz CT molecular complexity index is 1300. The SMILES string of the molecule is O=C(Nc1cccc(-c2ccc3nnc(-c4ccncc4)n3n2)c1)c1ccno1. The van der Waals surface area contributed by atoms with Gasteiger partial charge in [0.15, 0.2) is 11.5 Å². The van der Waals surface area contributed by atoms with Crippen LogP contribution in [0.2, 0.25) is 0 Å². The summed E-state index contributed by atoms with van der Waals surface area (Å²) in [5.74, 6) is 0.391. The van der Waals surface area contributed by atoms with Gasteiger partial charge in [0.25, 0.3) is 5.91 Å². The third-order valence-corrected chi connectivity index (χ3v) is 4.28. The molecule has 0 saturated carbocycles. The zero-order chi connectivity index (χ0) is 19.6. The molecule has 140 valence electrons. The number of pyridine rings is 1. The summed E-state index contributed by atoms with van der Waals surface area (Å²) in [7, 11) is 0. The average molecular weight is 383 g/mol. The second-order valence-corrected chi connectivity index (χ2v) is 6.16. The minimum atomic E-state index is -0.373. The summed E-state index contributed by atoms with van der Waals surface area (Å²) >= 11 is 0. The van der Waals surface area contributed by atoms with Crippen LogP contribution in [0.1, 0.15) is 10.6 Å². The first-order chi connectivity index (χ1) is 14.3. The van der Waals surface area contributed by atoms with E-state index in [9.17, 15) is 4.79 Å². The van der Waals surface area contributed by atoms with Gasteiger partial charge in [-0.2, -0.15) is 9.61 Å². The molecule has 0 aliphatic heterocycles. The molecule has 1 amide bonds. The summed E-state index contributed by atoms with van der Waals surface area (Å²) < 4.78 is 6.57. The largest absolute Gasteiger partial charge is 0.351 e. The monoisotopic (exact) mass is 383 g/mol. The van der Waals surface area contributed by atoms with E-state index in [4.69, 9.17) is 4.52 Å². The van der Waals surface area contributed by atoms with Crippen LogP contribution in [0.25, 0.3) is 28.3 Å². The fourth-order valence-corrected chi connectivity index (χ4v) is 2.91. The van der Waals surface area contributed by atoms with E-state index in [-0.39, 0.29) is 11.7 Å². The van der Waals surface area contributed by atoms with Crippen molar-refractivity contribution in [3.8, 4) is 22.6 Å². The number of carbonyl (C=O) groups is 1. The number of benzene rings is 1. The third-order valence-electron chi connectivity index (χ3n) is 4.28. The fraction of sp³-hybridized carbons (Fsp3) is 0. The van der Waals surface area contributed by atoms with E-state index < -0.39 is 0 Å². The van der Waals surface area contributed by atoms with Crippen molar-refractivity contribution in [2.24, 2.45) is 0 Å². The van der Waals surface area contributed by atoms with Crippen molar-refractivity contribution < 1.29 is 9.32 Å². The fourth-order valence-electron chi connectivity index (χ4n) is 2.91. The number of nitrogens with zero attached hydrogens (tertiary/aromatic N) is 6. The lowest BCUT2D eigenvalue weighted by Gasteiger charge is -2.07. The molecule has 9 nitrogen and oxygen atoms in total. The predicted octanol–water partition coefficient (Wildman–Crippen LogP) is 3.09. The summed E-state index contributed by atoms with van der Waals surface area (Å²) in [5, 5.41) is 19.4. The smallest absolute Gasteiger partial charge is 0.294 e. The van der Waals surface area contributed by atoms with E-state index in [0.29, 0.717) is 22.9 Å². The van der Waals surface area contributed by atoms with Gasteiger partial charge in [-0.3, -0.25) is 9.78 Å². The molecule has 0 saturated heterocycles. The first kappa shape index (κ1) is 16.8. The lowest BCUT2D eigenvalue weighted by atomic mass is 10.1. The molecule has 4 heterocycles. The van der Waals surface area contributed by atoms with E-state index in [1.165, 1.54) is 12.3 Å². The molecule has 4 aromatic heterocycles. The Kier molecular flexibility index (Phi) is 4.02. The van der Waals surface area contributed by atoms with Crippen LogP contribution >= 0.6 is 0 Å². The first-order valence-electron chi connectivity index (χ1n) is 8.73. The first-order valence-corrected chi connectivity index (χ1v) is 8.73. The topological polar surface area (TPSA) is 111 Å². The quantitative estimate of drug-likeness (QED) is 0.507. The van der Waals surface area contributed by atoms with Crippen LogP contribution < -0.4 is 5.32 Å². The zero-order valence-electron chi connectivity index (χ0n) is 14.9. The van der Waals surface area contributed by atoms with Crippen LogP contribution in [-0.4, -0.2) is 35.9 Å². The van der Waals surface area contributed by atoms with Crippen molar-refractivity contribution in [3.63, 3.8) is 0 Å². The lowest BCUT2D eigenvalue weighted by molar-refractivity contribution is 0.0988. The number of anilines is 1. The molecule has 0 radical (unpaired) electrons. The summed E-state index contributed by atoms with van der Waals surface area (Å²) in [5.41, 5.74) is 3.66. The van der Waals surface area contributed by atoms with Crippen LogP contribution in [0, 0.1) is 0 Å². The molecular weight excluding hydrogens is 370 g/mol. The maximum atomic E-state index is 12.2. The Hall–Kier alpha value is -4.40. The highest BCUT2D eigenvalue weighted by Gasteiger charge is 2.13. The maximum Gasteiger partial charge on any atom is 0.294 e. The summed E-state index contributed by atoms with van der Waals surface area (Å²) in [6.45, 7) is 0. The number of carbonyl (C=O) groups excluding carboxylic acids is 1. The van der Waals surface area contributed by atoms with Gasteiger partial charge in [-0.05, 0) is 36.4 Å². The number of rotatable bonds is 4. The molecular formula is C20H13N7O2. The molecule has 0 aliphatic carbocycles. The van der Waals surface area contributed by atoms with Crippen molar-refractivity contribution in [1.29, 1.82) is 0 Å². The Morgan fingerprint density at radius 1 is 0.931 bits per heavy atom. The number of fused-ring (bicyclic) bond motifs is 1. The van der Waals surface area contributed by atoms with Crippen molar-refractivity contribution in [2.45, 2.75) is 0 Å². The van der Waals surface area contributed by atoms with Crippen molar-refractivity contribution in [3.05, 3.63) is 78.9 Å². The molecule has 1 aromatic carbocycles. The van der Waals surface area contributed by atoms with E-state index in [0.717, 1.165) is 11.1 Å². The molecule has 0 atom stereocenters. The van der Waals surface area contributed by atoms with E-state index in [1.54, 1.807) is 23.0 Å². The zero-order valence-corrected chi connectivity index (χ0v) is 14.9. The van der Waals surface area contributed by atoms with Gasteiger partial charge in [0, 0.05) is 35.3 Å². The number of amides is 1. The number of nitrogens with one attached hydrogen (secondary N) is 1. The highest BCUT2D eigenvalue weighted by atomic mass is 16.5. The predicted molar refractivity (Wildman–Crippen MR) is 104 cm³/mol. The van der Waals surface area contributed by atoms with Gasteiger partial charge in [0.2, 0.25) is 5.76 Å². The van der Waals surface area contributed by atoms with Gasteiger partial charge in [-0.15, -0.1) is 10.2 Å². The third kappa shape index (κ3) is 3.21. The lowest BCUT2D eigenvalue weighted by Crippen LogP contribution is -2.10. The van der Waals surface area contributed by atoms with Crippen LogP contribution in [0.5, 0.6) is 0 Å². The van der Waals surface area contributed by atoms with Crippen LogP contribution in [-0.2, 0) is 0 Å². The Balaban J connectivity index is 1.50. The van der Waals surface area contributed by atoms with Crippen LogP contribution in [0.4, 0.5) is 5.69 Å². The highest BCUT2D eigenvalue weighted by molar-refractivity contribution is 6.02. The van der Waals surface area contributed by atoms with Gasteiger partial charge in [0.05, 0.1) is 11.9 Å². The van der Waals surface area contributed by atoms with Crippen LogP contribution in [0.15, 0.2) is 77.7 Å². The van der Waals surface area contributed by atoms with Gasteiger partial charge >= 0.3 is 0 Å². The molecule has 1 N–H and O–H groups in total. The second-order valence-electron chi connectivity index (χ2n) is 6.16. The Morgan fingerprint density at radius 3 is 2.66 bits per heavy atom. The van der Waals surface area contributed by atoms with Gasteiger partial charge in [0.1, 0.15) is 0 Å². The molecule has 9 heteroatoms. The van der Waals surface area contributed by atoms with Gasteiger partial charge in [-0.25, -0.2) is 0 Å². The van der Waals surface area contributed by atoms with E-state index in [2.05, 4.69) is 30.8 Å². The van der Waals surface area contributed by atoms with Crippen molar-refractivity contribution in [1.82, 2.24) is 30.0 Å². The molecule has 0 spiro atoms. The summed E-state index contributed by atoms with van der Waals surface area (Å²) in [6.07, 6.45) is 4.81. The van der Waals surface area contributed by atoms with Crippen molar-refractivity contribution in [2.75, 3.05) is 5.32 Å². The van der Waals surface area contributed by atoms with E-state index >= 15 is 0 Å². The molecule has 0 aliphatic rings. The number of hydrogen-bond donors (Lipinski definition) is 1. The maximum absolute atomic E-state index is 12.2. The second kappa shape index (κ2) is 6.97. The van der Waals surface area contributed by atoms with E-state index in [1.807, 2.05) is 42.5 Å². The molecule has 0 bridgehead atoms.